The highest BCUT2D eigenvalue weighted by atomic mass is 16.7. The second kappa shape index (κ2) is 15.8. The van der Waals surface area contributed by atoms with Crippen LogP contribution in [-0.4, -0.2) is 84.7 Å². The molecule has 2 aromatic rings. The highest BCUT2D eigenvalue weighted by Gasteiger charge is 2.45. The smallest absolute Gasteiger partial charge is 0.436 e. The monoisotopic (exact) mass is 568 g/mol. The summed E-state index contributed by atoms with van der Waals surface area (Å²) in [6.45, 7) is 12.6. The van der Waals surface area contributed by atoms with E-state index in [1.165, 1.54) is 9.96 Å². The number of amides is 2. The molecule has 1 N–H and O–H groups in total. The van der Waals surface area contributed by atoms with Gasteiger partial charge in [0.2, 0.25) is 0 Å². The Morgan fingerprint density at radius 3 is 2.41 bits per heavy atom. The minimum Gasteiger partial charge on any atom is -0.443 e. The summed E-state index contributed by atoms with van der Waals surface area (Å²) in [4.78, 5) is 48.1. The van der Waals surface area contributed by atoms with Crippen molar-refractivity contribution in [2.24, 2.45) is 11.8 Å². The lowest BCUT2D eigenvalue weighted by molar-refractivity contribution is -0.258. The van der Waals surface area contributed by atoms with Gasteiger partial charge in [-0.05, 0) is 67.6 Å². The first-order valence-corrected chi connectivity index (χ1v) is 14.9. The average Bonchev–Trinajstić information content (AvgIpc) is 2.95. The van der Waals surface area contributed by atoms with Crippen LogP contribution in [0.25, 0.3) is 10.8 Å². The van der Waals surface area contributed by atoms with Crippen LogP contribution in [0.5, 0.6) is 0 Å². The fourth-order valence-electron chi connectivity index (χ4n) is 5.19. The molecule has 2 aliphatic rings. The first-order chi connectivity index (χ1) is 19.6. The maximum absolute atomic E-state index is 13.5. The van der Waals surface area contributed by atoms with Gasteiger partial charge in [-0.3, -0.25) is 14.5 Å². The SMILES string of the molecule is CC(C)C.CC(C)CC1ON(C(=O)OCc2cccc3ccccc23)C(CN(C)C2CCNCC2)N(CC=O)C1=O. The van der Waals surface area contributed by atoms with E-state index >= 15 is 0 Å². The minimum absolute atomic E-state index is 0.0629. The van der Waals surface area contributed by atoms with Gasteiger partial charge in [0.25, 0.3) is 5.91 Å². The summed E-state index contributed by atoms with van der Waals surface area (Å²) in [5, 5.41) is 6.61. The number of nitrogens with zero attached hydrogens (tertiary/aromatic N) is 3. The minimum atomic E-state index is -0.856. The summed E-state index contributed by atoms with van der Waals surface area (Å²) in [6.07, 6.45) is 0.756. The van der Waals surface area contributed by atoms with Crippen molar-refractivity contribution in [3.63, 3.8) is 0 Å². The summed E-state index contributed by atoms with van der Waals surface area (Å²) in [6, 6.07) is 14.1. The van der Waals surface area contributed by atoms with Crippen molar-refractivity contribution in [3.05, 3.63) is 48.0 Å². The number of carbonyl (C=O) groups excluding carboxylic acids is 3. The van der Waals surface area contributed by atoms with Gasteiger partial charge >= 0.3 is 6.09 Å². The Labute approximate surface area is 245 Å². The number of piperidine rings is 1. The molecule has 0 radical (unpaired) electrons. The lowest BCUT2D eigenvalue weighted by Gasteiger charge is -2.46. The molecule has 4 rings (SSSR count). The van der Waals surface area contributed by atoms with Gasteiger partial charge in [0.05, 0.1) is 6.54 Å². The third kappa shape index (κ3) is 9.24. The van der Waals surface area contributed by atoms with E-state index in [0.29, 0.717) is 25.3 Å². The number of aldehydes is 1. The lowest BCUT2D eigenvalue weighted by Crippen LogP contribution is -2.66. The van der Waals surface area contributed by atoms with E-state index in [2.05, 4.69) is 31.0 Å². The molecular weight excluding hydrogens is 520 g/mol. The fourth-order valence-corrected chi connectivity index (χ4v) is 5.19. The Kier molecular flexibility index (Phi) is 12.6. The van der Waals surface area contributed by atoms with Gasteiger partial charge in [-0.1, -0.05) is 77.1 Å². The second-order valence-corrected chi connectivity index (χ2v) is 12.0. The third-order valence-corrected chi connectivity index (χ3v) is 7.18. The number of nitrogens with one attached hydrogen (secondary N) is 1. The first-order valence-electron chi connectivity index (χ1n) is 14.9. The van der Waals surface area contributed by atoms with Crippen molar-refractivity contribution in [2.45, 2.75) is 78.8 Å². The first kappa shape index (κ1) is 32.5. The number of hydrogen-bond acceptors (Lipinski definition) is 7. The van der Waals surface area contributed by atoms with Gasteiger partial charge in [-0.15, -0.1) is 0 Å². The van der Waals surface area contributed by atoms with E-state index in [1.54, 1.807) is 0 Å². The van der Waals surface area contributed by atoms with E-state index in [1.807, 2.05) is 63.4 Å². The summed E-state index contributed by atoms with van der Waals surface area (Å²) in [5.74, 6) is 0.720. The predicted molar refractivity (Wildman–Crippen MR) is 161 cm³/mol. The van der Waals surface area contributed by atoms with Gasteiger partial charge in [-0.25, -0.2) is 4.79 Å². The van der Waals surface area contributed by atoms with E-state index < -0.39 is 18.4 Å². The van der Waals surface area contributed by atoms with Gasteiger partial charge in [0.15, 0.2) is 6.10 Å². The number of carbonyl (C=O) groups is 3. The molecule has 0 aromatic heterocycles. The molecule has 0 bridgehead atoms. The summed E-state index contributed by atoms with van der Waals surface area (Å²) < 4.78 is 5.76. The van der Waals surface area contributed by atoms with Crippen LogP contribution in [0.1, 0.15) is 59.4 Å². The van der Waals surface area contributed by atoms with Gasteiger partial charge in [0, 0.05) is 12.6 Å². The van der Waals surface area contributed by atoms with E-state index in [4.69, 9.17) is 9.57 Å². The maximum atomic E-state index is 13.5. The van der Waals surface area contributed by atoms with Crippen LogP contribution in [0.2, 0.25) is 0 Å². The zero-order chi connectivity index (χ0) is 29.9. The van der Waals surface area contributed by atoms with Crippen LogP contribution in [-0.2, 0) is 25.8 Å². The van der Waals surface area contributed by atoms with Gasteiger partial charge in [0.1, 0.15) is 19.1 Å². The third-order valence-electron chi connectivity index (χ3n) is 7.18. The molecule has 9 nitrogen and oxygen atoms in total. The number of likely N-dealkylation sites (N-methyl/N-ethyl adjacent to an activating group) is 1. The zero-order valence-corrected chi connectivity index (χ0v) is 25.5. The van der Waals surface area contributed by atoms with E-state index in [-0.39, 0.29) is 25.0 Å². The van der Waals surface area contributed by atoms with Crippen molar-refractivity contribution in [1.29, 1.82) is 0 Å². The van der Waals surface area contributed by atoms with Crippen molar-refractivity contribution in [3.8, 4) is 0 Å². The molecule has 41 heavy (non-hydrogen) atoms. The van der Waals surface area contributed by atoms with E-state index in [0.717, 1.165) is 48.2 Å². The molecule has 226 valence electrons. The van der Waals surface area contributed by atoms with Crippen molar-refractivity contribution in [2.75, 3.05) is 33.2 Å². The molecule has 2 heterocycles. The Morgan fingerprint density at radius 2 is 1.76 bits per heavy atom. The number of hydroxylamine groups is 2. The second-order valence-electron chi connectivity index (χ2n) is 12.0. The topological polar surface area (TPSA) is 91.4 Å². The van der Waals surface area contributed by atoms with Crippen LogP contribution in [0.3, 0.4) is 0 Å². The van der Waals surface area contributed by atoms with Crippen molar-refractivity contribution in [1.82, 2.24) is 20.2 Å². The fraction of sp³-hybridized carbons (Fsp3) is 0.594. The standard InChI is InChI=1S/C28H38N4O5.C4H10/c1-20(2)17-25-27(34)31(15-16-33)26(18-30(3)23-11-13-29-14-12-23)32(37-25)28(35)36-19-22-9-6-8-21-7-4-5-10-24(21)22;1-4(2)3/h4-10,16,20,23,25-26,29H,11-15,17-19H2,1-3H3;4H,1-3H3. The molecular formula is C32H48N4O5. The molecule has 2 fully saturated rings. The number of benzene rings is 2. The molecule has 2 saturated heterocycles. The maximum Gasteiger partial charge on any atom is 0.436 e. The summed E-state index contributed by atoms with van der Waals surface area (Å²) in [5.41, 5.74) is 0.881. The zero-order valence-electron chi connectivity index (χ0n) is 25.5. The molecule has 0 spiro atoms. The van der Waals surface area contributed by atoms with Gasteiger partial charge < -0.3 is 19.7 Å². The number of hydrogen-bond donors (Lipinski definition) is 1. The van der Waals surface area contributed by atoms with E-state index in [9.17, 15) is 14.4 Å². The number of ether oxygens (including phenoxy) is 1. The predicted octanol–water partition coefficient (Wildman–Crippen LogP) is 4.84. The number of rotatable bonds is 9. The highest BCUT2D eigenvalue weighted by Crippen LogP contribution is 2.26. The Hall–Kier alpha value is -3.01. The lowest BCUT2D eigenvalue weighted by atomic mass is 10.0. The van der Waals surface area contributed by atoms with Crippen molar-refractivity contribution >= 4 is 29.1 Å². The average molecular weight is 569 g/mol. The van der Waals surface area contributed by atoms with Gasteiger partial charge in [-0.2, -0.15) is 5.06 Å². The largest absolute Gasteiger partial charge is 0.443 e. The van der Waals surface area contributed by atoms with Crippen LogP contribution < -0.4 is 5.32 Å². The number of fused-ring (bicyclic) bond motifs is 1. The van der Waals surface area contributed by atoms with Crippen molar-refractivity contribution < 1.29 is 24.0 Å². The normalized spacial score (nSPS) is 20.0. The van der Waals surface area contributed by atoms with Crippen LogP contribution in [0.4, 0.5) is 4.79 Å². The Bertz CT molecular complexity index is 1130. The van der Waals surface area contributed by atoms with Crippen LogP contribution >= 0.6 is 0 Å². The molecule has 2 aliphatic heterocycles. The molecule has 0 saturated carbocycles. The molecule has 2 aromatic carbocycles. The summed E-state index contributed by atoms with van der Waals surface area (Å²) in [7, 11) is 1.99. The molecule has 9 heteroatoms. The Balaban J connectivity index is 0.00000108. The van der Waals surface area contributed by atoms with Crippen LogP contribution in [0.15, 0.2) is 42.5 Å². The summed E-state index contributed by atoms with van der Waals surface area (Å²) >= 11 is 0. The molecule has 2 unspecified atom stereocenters. The van der Waals surface area contributed by atoms with Crippen LogP contribution in [0, 0.1) is 11.8 Å². The highest BCUT2D eigenvalue weighted by molar-refractivity contribution is 5.86. The Morgan fingerprint density at radius 1 is 1.10 bits per heavy atom. The molecule has 0 aliphatic carbocycles. The quantitative estimate of drug-likeness (QED) is 0.433. The molecule has 2 atom stereocenters. The molecule has 2 amide bonds.